The molecule has 3 rings (SSSR count). The van der Waals surface area contributed by atoms with Crippen molar-refractivity contribution in [2.75, 3.05) is 7.11 Å². The van der Waals surface area contributed by atoms with Crippen LogP contribution in [0, 0.1) is 0 Å². The average molecular weight is 258 g/mol. The predicted molar refractivity (Wildman–Crippen MR) is 70.7 cm³/mol. The van der Waals surface area contributed by atoms with Gasteiger partial charge in [-0.15, -0.1) is 11.3 Å². The molecule has 1 aromatic carbocycles. The van der Waals surface area contributed by atoms with Crippen LogP contribution in [-0.2, 0) is 4.74 Å². The van der Waals surface area contributed by atoms with Crippen LogP contribution in [0.2, 0.25) is 0 Å². The second-order valence-corrected chi connectivity index (χ2v) is 4.69. The molecule has 18 heavy (non-hydrogen) atoms. The molecule has 0 saturated heterocycles. The van der Waals surface area contributed by atoms with Gasteiger partial charge in [0.2, 0.25) is 5.82 Å². The lowest BCUT2D eigenvalue weighted by molar-refractivity contribution is 0.0588. The lowest BCUT2D eigenvalue weighted by atomic mass is 10.1. The second-order valence-electron chi connectivity index (χ2n) is 3.78. The molecule has 4 nitrogen and oxygen atoms in total. The van der Waals surface area contributed by atoms with Gasteiger partial charge in [-0.05, 0) is 6.07 Å². The normalized spacial score (nSPS) is 10.7. The molecule has 0 amide bonds. The number of H-pyrrole nitrogens is 1. The van der Waals surface area contributed by atoms with Crippen molar-refractivity contribution in [3.05, 3.63) is 41.7 Å². The van der Waals surface area contributed by atoms with Gasteiger partial charge in [0.25, 0.3) is 0 Å². The van der Waals surface area contributed by atoms with Gasteiger partial charge in [-0.3, -0.25) is 0 Å². The minimum absolute atomic E-state index is 0.225. The van der Waals surface area contributed by atoms with Gasteiger partial charge in [0.1, 0.15) is 0 Å². The highest BCUT2D eigenvalue weighted by Crippen LogP contribution is 2.32. The van der Waals surface area contributed by atoms with Crippen molar-refractivity contribution < 1.29 is 9.53 Å². The van der Waals surface area contributed by atoms with E-state index in [1.165, 1.54) is 11.8 Å². The predicted octanol–water partition coefficient (Wildman–Crippen LogP) is 3.08. The number of thiophene rings is 1. The first-order valence-corrected chi connectivity index (χ1v) is 6.27. The molecule has 2 aromatic heterocycles. The summed E-state index contributed by atoms with van der Waals surface area (Å²) in [5.74, 6) is -0.233. The summed E-state index contributed by atoms with van der Waals surface area (Å²) in [6, 6.07) is 8.13. The summed E-state index contributed by atoms with van der Waals surface area (Å²) < 4.78 is 5.83. The first kappa shape index (κ1) is 11.0. The summed E-state index contributed by atoms with van der Waals surface area (Å²) >= 11 is 1.67. The molecule has 0 aliphatic carbocycles. The number of imidazole rings is 1. The van der Waals surface area contributed by atoms with Gasteiger partial charge < -0.3 is 9.72 Å². The smallest absolute Gasteiger partial charge is 0.374 e. The summed E-state index contributed by atoms with van der Waals surface area (Å²) in [6.07, 6.45) is 1.65. The Morgan fingerprint density at radius 1 is 1.39 bits per heavy atom. The van der Waals surface area contributed by atoms with Crippen molar-refractivity contribution in [3.8, 4) is 11.3 Å². The lowest BCUT2D eigenvalue weighted by Gasteiger charge is -1.95. The first-order valence-electron chi connectivity index (χ1n) is 5.39. The van der Waals surface area contributed by atoms with Crippen LogP contribution in [0.4, 0.5) is 0 Å². The third-order valence-electron chi connectivity index (χ3n) is 2.73. The zero-order valence-electron chi connectivity index (χ0n) is 9.64. The van der Waals surface area contributed by atoms with E-state index in [4.69, 9.17) is 0 Å². The molecule has 0 unspecified atom stereocenters. The number of rotatable bonds is 2. The minimum Gasteiger partial charge on any atom is -0.463 e. The van der Waals surface area contributed by atoms with Crippen LogP contribution in [0.5, 0.6) is 0 Å². The van der Waals surface area contributed by atoms with Crippen LogP contribution >= 0.6 is 11.3 Å². The molecule has 0 spiro atoms. The summed E-state index contributed by atoms with van der Waals surface area (Å²) in [5, 5.41) is 3.21. The zero-order chi connectivity index (χ0) is 12.5. The maximum absolute atomic E-state index is 11.3. The number of aromatic nitrogens is 2. The number of carbonyl (C=O) groups is 1. The summed E-state index contributed by atoms with van der Waals surface area (Å²) in [7, 11) is 1.34. The van der Waals surface area contributed by atoms with Crippen LogP contribution in [0.15, 0.2) is 35.8 Å². The number of esters is 1. The standard InChI is InChI=1S/C13H10N2O2S/c1-17-13(16)12-14-6-10(15-12)9-7-18-11-5-3-2-4-8(9)11/h2-7H,1H3,(H,14,15). The van der Waals surface area contributed by atoms with Crippen LogP contribution in [0.25, 0.3) is 21.3 Å². The van der Waals surface area contributed by atoms with Gasteiger partial charge in [-0.25, -0.2) is 9.78 Å². The van der Waals surface area contributed by atoms with Crippen molar-refractivity contribution >= 4 is 27.4 Å². The lowest BCUT2D eigenvalue weighted by Crippen LogP contribution is -2.03. The van der Waals surface area contributed by atoms with Crippen LogP contribution in [0.1, 0.15) is 10.6 Å². The Balaban J connectivity index is 2.09. The monoisotopic (exact) mass is 258 g/mol. The Bertz CT molecular complexity index is 714. The van der Waals surface area contributed by atoms with Crippen LogP contribution in [-0.4, -0.2) is 23.0 Å². The molecule has 0 bridgehead atoms. The van der Waals surface area contributed by atoms with Gasteiger partial charge in [-0.2, -0.15) is 0 Å². The molecule has 0 atom stereocenters. The van der Waals surface area contributed by atoms with E-state index in [-0.39, 0.29) is 5.82 Å². The number of hydrogen-bond acceptors (Lipinski definition) is 4. The number of ether oxygens (including phenoxy) is 1. The number of carbonyl (C=O) groups excluding carboxylic acids is 1. The second kappa shape index (κ2) is 4.27. The van der Waals surface area contributed by atoms with Crippen molar-refractivity contribution in [1.29, 1.82) is 0 Å². The maximum atomic E-state index is 11.3. The molecule has 0 saturated carbocycles. The summed E-state index contributed by atoms with van der Waals surface area (Å²) in [4.78, 5) is 18.4. The van der Waals surface area contributed by atoms with Crippen molar-refractivity contribution in [1.82, 2.24) is 9.97 Å². The average Bonchev–Trinajstić information content (AvgIpc) is 3.03. The SMILES string of the molecule is COC(=O)c1ncc(-c2csc3ccccc23)[nH]1. The fourth-order valence-corrected chi connectivity index (χ4v) is 2.81. The van der Waals surface area contributed by atoms with Gasteiger partial charge in [0.05, 0.1) is 19.0 Å². The van der Waals surface area contributed by atoms with Gasteiger partial charge >= 0.3 is 5.97 Å². The van der Waals surface area contributed by atoms with Crippen LogP contribution in [0.3, 0.4) is 0 Å². The van der Waals surface area contributed by atoms with Crippen molar-refractivity contribution in [3.63, 3.8) is 0 Å². The van der Waals surface area contributed by atoms with E-state index in [0.717, 1.165) is 16.6 Å². The molecule has 0 radical (unpaired) electrons. The van der Waals surface area contributed by atoms with E-state index in [9.17, 15) is 4.79 Å². The maximum Gasteiger partial charge on any atom is 0.374 e. The molecule has 2 heterocycles. The number of hydrogen-bond donors (Lipinski definition) is 1. The van der Waals surface area contributed by atoms with Gasteiger partial charge in [-0.1, -0.05) is 18.2 Å². The number of aromatic amines is 1. The highest BCUT2D eigenvalue weighted by molar-refractivity contribution is 7.17. The van der Waals surface area contributed by atoms with E-state index in [1.807, 2.05) is 12.1 Å². The number of benzene rings is 1. The highest BCUT2D eigenvalue weighted by atomic mass is 32.1. The van der Waals surface area contributed by atoms with Crippen molar-refractivity contribution in [2.45, 2.75) is 0 Å². The Morgan fingerprint density at radius 3 is 3.06 bits per heavy atom. The number of nitrogens with one attached hydrogen (secondary N) is 1. The minimum atomic E-state index is -0.458. The summed E-state index contributed by atoms with van der Waals surface area (Å²) in [6.45, 7) is 0. The molecule has 5 heteroatoms. The Hall–Kier alpha value is -2.14. The molecular weight excluding hydrogens is 248 g/mol. The van der Waals surface area contributed by atoms with Gasteiger partial charge in [0, 0.05) is 21.0 Å². The third-order valence-corrected chi connectivity index (χ3v) is 3.69. The highest BCUT2D eigenvalue weighted by Gasteiger charge is 2.13. The van der Waals surface area contributed by atoms with E-state index in [2.05, 4.69) is 32.2 Å². The molecule has 1 N–H and O–H groups in total. The third kappa shape index (κ3) is 1.69. The first-order chi connectivity index (χ1) is 8.79. The van der Waals surface area contributed by atoms with Gasteiger partial charge in [0.15, 0.2) is 0 Å². The van der Waals surface area contributed by atoms with Crippen LogP contribution < -0.4 is 0 Å². The van der Waals surface area contributed by atoms with E-state index < -0.39 is 5.97 Å². The zero-order valence-corrected chi connectivity index (χ0v) is 10.5. The largest absolute Gasteiger partial charge is 0.463 e. The van der Waals surface area contributed by atoms with E-state index in [0.29, 0.717) is 0 Å². The quantitative estimate of drug-likeness (QED) is 0.719. The van der Waals surface area contributed by atoms with E-state index in [1.54, 1.807) is 17.5 Å². The molecule has 0 aliphatic rings. The molecular formula is C13H10N2O2S. The number of fused-ring (bicyclic) bond motifs is 1. The van der Waals surface area contributed by atoms with Crippen molar-refractivity contribution in [2.24, 2.45) is 0 Å². The Labute approximate surface area is 107 Å². The fourth-order valence-electron chi connectivity index (χ4n) is 1.84. The topological polar surface area (TPSA) is 55.0 Å². The fraction of sp³-hybridized carbons (Fsp3) is 0.0769. The number of methoxy groups -OCH3 is 1. The van der Waals surface area contributed by atoms with E-state index >= 15 is 0 Å². The Kier molecular flexibility index (Phi) is 2.60. The molecule has 0 aliphatic heterocycles. The summed E-state index contributed by atoms with van der Waals surface area (Å²) in [5.41, 5.74) is 1.88. The molecule has 3 aromatic rings. The molecule has 90 valence electrons. The number of nitrogens with zero attached hydrogens (tertiary/aromatic N) is 1. The Morgan fingerprint density at radius 2 is 2.22 bits per heavy atom. The molecule has 0 fully saturated rings.